The molecule has 0 fully saturated rings. The first-order valence-electron chi connectivity index (χ1n) is 7.83. The second-order valence-corrected chi connectivity index (χ2v) is 7.44. The fraction of sp³-hybridized carbons (Fsp3) is 0.263. The van der Waals surface area contributed by atoms with Gasteiger partial charge < -0.3 is 4.90 Å². The number of fused-ring (bicyclic) bond motifs is 1. The van der Waals surface area contributed by atoms with Crippen LogP contribution >= 0.6 is 11.3 Å². The first kappa shape index (κ1) is 16.5. The first-order chi connectivity index (χ1) is 11.4. The first-order valence-corrected chi connectivity index (χ1v) is 8.71. The van der Waals surface area contributed by atoms with Crippen LogP contribution in [0.25, 0.3) is 5.57 Å². The number of thiophene rings is 1. The third kappa shape index (κ3) is 3.12. The molecular weight excluding hydrogens is 318 g/mol. The van der Waals surface area contributed by atoms with Crippen molar-refractivity contribution in [2.45, 2.75) is 26.3 Å². The predicted octanol–water partition coefficient (Wildman–Crippen LogP) is 4.14. The number of amides is 1. The number of likely N-dealkylation sites (N-methyl/N-ethyl adjacent to an activating group) is 1. The Kier molecular flexibility index (Phi) is 4.28. The summed E-state index contributed by atoms with van der Waals surface area (Å²) in [5.41, 5.74) is 7.19. The van der Waals surface area contributed by atoms with Crippen LogP contribution in [0.5, 0.6) is 0 Å². The SMILES string of the molecule is CC1=CC(C)(C)N(C)c2ccc(/C=N\NC(=O)c3cccs3)cc21. The average molecular weight is 339 g/mol. The van der Waals surface area contributed by atoms with Crippen molar-refractivity contribution in [1.82, 2.24) is 5.43 Å². The molecule has 0 saturated heterocycles. The van der Waals surface area contributed by atoms with Gasteiger partial charge in [-0.2, -0.15) is 5.10 Å². The summed E-state index contributed by atoms with van der Waals surface area (Å²) < 4.78 is 0. The number of benzene rings is 1. The van der Waals surface area contributed by atoms with E-state index in [1.54, 1.807) is 12.3 Å². The van der Waals surface area contributed by atoms with Crippen molar-refractivity contribution in [1.29, 1.82) is 0 Å². The number of allylic oxidation sites excluding steroid dienone is 1. The molecule has 4 nitrogen and oxygen atoms in total. The molecule has 1 N–H and O–H groups in total. The maximum atomic E-state index is 11.9. The van der Waals surface area contributed by atoms with Gasteiger partial charge in [-0.25, -0.2) is 5.43 Å². The fourth-order valence-corrected chi connectivity index (χ4v) is 3.50. The van der Waals surface area contributed by atoms with Crippen LogP contribution in [0.3, 0.4) is 0 Å². The Morgan fingerprint density at radius 2 is 2.12 bits per heavy atom. The minimum Gasteiger partial charge on any atom is -0.366 e. The Balaban J connectivity index is 1.78. The van der Waals surface area contributed by atoms with Gasteiger partial charge in [-0.15, -0.1) is 11.3 Å². The lowest BCUT2D eigenvalue weighted by atomic mass is 9.89. The summed E-state index contributed by atoms with van der Waals surface area (Å²) in [4.78, 5) is 14.8. The lowest BCUT2D eigenvalue weighted by Crippen LogP contribution is -2.42. The Bertz CT molecular complexity index is 819. The van der Waals surface area contributed by atoms with Crippen LogP contribution in [0.15, 0.2) is 46.9 Å². The molecule has 1 aliphatic rings. The molecule has 1 aliphatic heterocycles. The van der Waals surface area contributed by atoms with Crippen molar-refractivity contribution < 1.29 is 4.79 Å². The standard InChI is InChI=1S/C19H21N3OS/c1-13-11-19(2,3)22(4)16-8-7-14(10-15(13)16)12-20-21-18(23)17-6-5-9-24-17/h5-12H,1-4H3,(H,21,23)/b20-12-. The molecular formula is C19H21N3OS. The second-order valence-electron chi connectivity index (χ2n) is 6.49. The van der Waals surface area contributed by atoms with Gasteiger partial charge in [-0.1, -0.05) is 18.2 Å². The number of hydrogen-bond acceptors (Lipinski definition) is 4. The van der Waals surface area contributed by atoms with Crippen LogP contribution in [-0.4, -0.2) is 24.7 Å². The molecule has 0 aliphatic carbocycles. The Hall–Kier alpha value is -2.40. The largest absolute Gasteiger partial charge is 0.366 e. The number of carbonyl (C=O) groups excluding carboxylic acids is 1. The van der Waals surface area contributed by atoms with Gasteiger partial charge in [-0.3, -0.25) is 4.79 Å². The van der Waals surface area contributed by atoms with Crippen molar-refractivity contribution in [2.75, 3.05) is 11.9 Å². The molecule has 0 saturated carbocycles. The number of hydrazone groups is 1. The molecule has 0 atom stereocenters. The summed E-state index contributed by atoms with van der Waals surface area (Å²) in [6.07, 6.45) is 3.95. The molecule has 0 unspecified atom stereocenters. The minimum absolute atomic E-state index is 0.00136. The highest BCUT2D eigenvalue weighted by Crippen LogP contribution is 2.37. The van der Waals surface area contributed by atoms with E-state index >= 15 is 0 Å². The van der Waals surface area contributed by atoms with E-state index in [1.807, 2.05) is 17.5 Å². The van der Waals surface area contributed by atoms with Gasteiger partial charge in [0.25, 0.3) is 5.91 Å². The highest BCUT2D eigenvalue weighted by molar-refractivity contribution is 7.12. The van der Waals surface area contributed by atoms with Gasteiger partial charge in [0.2, 0.25) is 0 Å². The molecule has 124 valence electrons. The molecule has 24 heavy (non-hydrogen) atoms. The van der Waals surface area contributed by atoms with Crippen LogP contribution in [-0.2, 0) is 0 Å². The fourth-order valence-electron chi connectivity index (χ4n) is 2.89. The molecule has 0 bridgehead atoms. The van der Waals surface area contributed by atoms with Crippen molar-refractivity contribution in [3.05, 3.63) is 57.8 Å². The second kappa shape index (κ2) is 6.24. The number of hydrogen-bond donors (Lipinski definition) is 1. The predicted molar refractivity (Wildman–Crippen MR) is 102 cm³/mol. The van der Waals surface area contributed by atoms with Crippen LogP contribution in [0.4, 0.5) is 5.69 Å². The zero-order chi connectivity index (χ0) is 17.3. The number of nitrogens with zero attached hydrogens (tertiary/aromatic N) is 2. The summed E-state index contributed by atoms with van der Waals surface area (Å²) in [5, 5.41) is 5.94. The number of nitrogens with one attached hydrogen (secondary N) is 1. The van der Waals surface area contributed by atoms with Gasteiger partial charge in [0.05, 0.1) is 16.6 Å². The van der Waals surface area contributed by atoms with Gasteiger partial charge in [0.15, 0.2) is 0 Å². The molecule has 0 spiro atoms. The zero-order valence-electron chi connectivity index (χ0n) is 14.3. The lowest BCUT2D eigenvalue weighted by Gasteiger charge is -2.40. The summed E-state index contributed by atoms with van der Waals surface area (Å²) in [6, 6.07) is 9.86. The van der Waals surface area contributed by atoms with E-state index in [0.29, 0.717) is 4.88 Å². The average Bonchev–Trinajstić information content (AvgIpc) is 3.07. The van der Waals surface area contributed by atoms with Crippen molar-refractivity contribution in [2.24, 2.45) is 5.10 Å². The molecule has 1 aromatic heterocycles. The number of anilines is 1. The van der Waals surface area contributed by atoms with E-state index < -0.39 is 0 Å². The molecule has 1 aromatic carbocycles. The molecule has 3 rings (SSSR count). The van der Waals surface area contributed by atoms with Crippen LogP contribution in [0, 0.1) is 0 Å². The van der Waals surface area contributed by atoms with E-state index in [0.717, 1.165) is 5.56 Å². The molecule has 0 radical (unpaired) electrons. The quantitative estimate of drug-likeness (QED) is 0.674. The van der Waals surface area contributed by atoms with Crippen molar-refractivity contribution in [3.8, 4) is 0 Å². The topological polar surface area (TPSA) is 44.7 Å². The summed E-state index contributed by atoms with van der Waals surface area (Å²) in [6.45, 7) is 6.54. The van der Waals surface area contributed by atoms with Gasteiger partial charge in [0.1, 0.15) is 0 Å². The Labute approximate surface area is 146 Å². The third-order valence-corrected chi connectivity index (χ3v) is 5.23. The van der Waals surface area contributed by atoms with Gasteiger partial charge >= 0.3 is 0 Å². The summed E-state index contributed by atoms with van der Waals surface area (Å²) in [5.74, 6) is -0.184. The molecule has 1 amide bonds. The Morgan fingerprint density at radius 1 is 1.33 bits per heavy atom. The van der Waals surface area contributed by atoms with Crippen LogP contribution < -0.4 is 10.3 Å². The lowest BCUT2D eigenvalue weighted by molar-refractivity contribution is 0.0959. The van der Waals surface area contributed by atoms with E-state index in [4.69, 9.17) is 0 Å². The van der Waals surface area contributed by atoms with E-state index in [-0.39, 0.29) is 11.4 Å². The minimum atomic E-state index is -0.184. The Morgan fingerprint density at radius 3 is 2.83 bits per heavy atom. The zero-order valence-corrected chi connectivity index (χ0v) is 15.1. The van der Waals surface area contributed by atoms with Gasteiger partial charge in [-0.05, 0) is 55.5 Å². The highest BCUT2D eigenvalue weighted by Gasteiger charge is 2.28. The van der Waals surface area contributed by atoms with Crippen molar-refractivity contribution in [3.63, 3.8) is 0 Å². The summed E-state index contributed by atoms with van der Waals surface area (Å²) in [7, 11) is 2.11. The van der Waals surface area contributed by atoms with E-state index in [1.165, 1.54) is 28.2 Å². The molecule has 5 heteroatoms. The maximum Gasteiger partial charge on any atom is 0.281 e. The molecule has 2 heterocycles. The smallest absolute Gasteiger partial charge is 0.281 e. The van der Waals surface area contributed by atoms with Crippen LogP contribution in [0.1, 0.15) is 41.6 Å². The monoisotopic (exact) mass is 339 g/mol. The normalized spacial score (nSPS) is 16.0. The third-order valence-electron chi connectivity index (χ3n) is 4.37. The van der Waals surface area contributed by atoms with E-state index in [2.05, 4.69) is 61.5 Å². The van der Waals surface area contributed by atoms with Crippen molar-refractivity contribution >= 4 is 34.7 Å². The number of rotatable bonds is 3. The summed E-state index contributed by atoms with van der Waals surface area (Å²) >= 11 is 1.40. The van der Waals surface area contributed by atoms with E-state index in [9.17, 15) is 4.79 Å². The number of carbonyl (C=O) groups is 1. The highest BCUT2D eigenvalue weighted by atomic mass is 32.1. The van der Waals surface area contributed by atoms with Gasteiger partial charge in [0, 0.05) is 18.3 Å². The van der Waals surface area contributed by atoms with Crippen LogP contribution in [0.2, 0.25) is 0 Å². The molecule has 2 aromatic rings. The maximum absolute atomic E-state index is 11.9.